The molecule has 1 fully saturated rings. The monoisotopic (exact) mass is 303 g/mol. The van der Waals surface area contributed by atoms with Gasteiger partial charge in [-0.25, -0.2) is 0 Å². The highest BCUT2D eigenvalue weighted by Crippen LogP contribution is 2.31. The summed E-state index contributed by atoms with van der Waals surface area (Å²) in [4.78, 5) is 11.0. The molecule has 0 spiro atoms. The molecule has 1 saturated heterocycles. The molecule has 0 aliphatic carbocycles. The number of carbonyl (C=O) groups excluding carboxylic acids is 1. The molecule has 0 bridgehead atoms. The van der Waals surface area contributed by atoms with Crippen molar-refractivity contribution >= 4 is 28.5 Å². The highest BCUT2D eigenvalue weighted by atomic mass is 127. The van der Waals surface area contributed by atoms with Gasteiger partial charge in [-0.05, 0) is 47.2 Å². The van der Waals surface area contributed by atoms with E-state index in [4.69, 9.17) is 0 Å². The Morgan fingerprint density at radius 3 is 2.93 bits per heavy atom. The summed E-state index contributed by atoms with van der Waals surface area (Å²) in [6.45, 7) is 0. The van der Waals surface area contributed by atoms with Crippen molar-refractivity contribution in [2.45, 2.75) is 18.9 Å². The molecular weight excluding hydrogens is 293 g/mol. The number of hydrogen-bond acceptors (Lipinski definition) is 2. The number of amides is 1. The number of phenolic OH excluding ortho intramolecular Hbond substituents is 1. The van der Waals surface area contributed by atoms with Crippen molar-refractivity contribution in [2.24, 2.45) is 0 Å². The first-order chi connectivity index (χ1) is 6.66. The normalized spacial score (nSPS) is 20.9. The minimum Gasteiger partial charge on any atom is -0.508 e. The van der Waals surface area contributed by atoms with Crippen molar-refractivity contribution < 1.29 is 9.90 Å². The highest BCUT2D eigenvalue weighted by Gasteiger charge is 2.24. The zero-order chi connectivity index (χ0) is 10.1. The van der Waals surface area contributed by atoms with Gasteiger partial charge in [-0.2, -0.15) is 0 Å². The molecule has 2 N–H and O–H groups in total. The van der Waals surface area contributed by atoms with Crippen molar-refractivity contribution in [2.75, 3.05) is 0 Å². The van der Waals surface area contributed by atoms with Crippen LogP contribution in [0.5, 0.6) is 5.75 Å². The summed E-state index contributed by atoms with van der Waals surface area (Å²) in [6, 6.07) is 5.40. The van der Waals surface area contributed by atoms with Gasteiger partial charge in [-0.3, -0.25) is 4.79 Å². The Morgan fingerprint density at radius 2 is 2.29 bits per heavy atom. The maximum absolute atomic E-state index is 11.0. The summed E-state index contributed by atoms with van der Waals surface area (Å²) < 4.78 is 1.07. The molecule has 2 rings (SSSR count). The third-order valence-electron chi connectivity index (χ3n) is 2.36. The van der Waals surface area contributed by atoms with Crippen LogP contribution in [-0.4, -0.2) is 11.0 Å². The summed E-state index contributed by atoms with van der Waals surface area (Å²) in [5.41, 5.74) is 0.822. The molecule has 1 unspecified atom stereocenters. The van der Waals surface area contributed by atoms with Gasteiger partial charge in [-0.1, -0.05) is 0 Å². The molecule has 1 aliphatic rings. The quantitative estimate of drug-likeness (QED) is 0.779. The van der Waals surface area contributed by atoms with E-state index in [-0.39, 0.29) is 17.7 Å². The second-order valence-corrected chi connectivity index (χ2v) is 4.61. The van der Waals surface area contributed by atoms with Crippen LogP contribution in [0.2, 0.25) is 0 Å². The lowest BCUT2D eigenvalue weighted by Crippen LogP contribution is -2.18. The highest BCUT2D eigenvalue weighted by molar-refractivity contribution is 14.1. The predicted octanol–water partition coefficient (Wildman–Crippen LogP) is 1.95. The minimum absolute atomic E-state index is 0.0165. The standard InChI is InChI=1S/C10H10INO2/c11-6-1-3-9(13)7(5-6)8-2-4-10(14)12-8/h1,3,5,8,13H,2,4H2,(H,12,14). The van der Waals surface area contributed by atoms with Gasteiger partial charge in [0.1, 0.15) is 5.75 Å². The lowest BCUT2D eigenvalue weighted by Gasteiger charge is -2.12. The molecule has 74 valence electrons. The lowest BCUT2D eigenvalue weighted by atomic mass is 10.0. The fraction of sp³-hybridized carbons (Fsp3) is 0.300. The Labute approximate surface area is 95.7 Å². The number of carbonyl (C=O) groups is 1. The summed E-state index contributed by atoms with van der Waals surface area (Å²) in [7, 11) is 0. The Morgan fingerprint density at radius 1 is 1.50 bits per heavy atom. The van der Waals surface area contributed by atoms with Crippen molar-refractivity contribution in [3.05, 3.63) is 27.3 Å². The average molecular weight is 303 g/mol. The molecule has 1 heterocycles. The van der Waals surface area contributed by atoms with Crippen molar-refractivity contribution in [1.29, 1.82) is 0 Å². The van der Waals surface area contributed by atoms with Crippen LogP contribution in [0.1, 0.15) is 24.4 Å². The van der Waals surface area contributed by atoms with Crippen LogP contribution < -0.4 is 5.32 Å². The van der Waals surface area contributed by atoms with Gasteiger partial charge in [0.2, 0.25) is 5.91 Å². The smallest absolute Gasteiger partial charge is 0.220 e. The van der Waals surface area contributed by atoms with Crippen molar-refractivity contribution in [1.82, 2.24) is 5.32 Å². The molecule has 0 saturated carbocycles. The number of phenols is 1. The van der Waals surface area contributed by atoms with Crippen LogP contribution in [0.25, 0.3) is 0 Å². The number of aromatic hydroxyl groups is 1. The zero-order valence-corrected chi connectivity index (χ0v) is 9.61. The lowest BCUT2D eigenvalue weighted by molar-refractivity contribution is -0.119. The maximum atomic E-state index is 11.0. The first-order valence-corrected chi connectivity index (χ1v) is 5.52. The number of nitrogens with one attached hydrogen (secondary N) is 1. The molecule has 0 radical (unpaired) electrons. The van der Waals surface area contributed by atoms with Gasteiger partial charge in [-0.15, -0.1) is 0 Å². The second-order valence-electron chi connectivity index (χ2n) is 3.36. The van der Waals surface area contributed by atoms with E-state index in [1.54, 1.807) is 6.07 Å². The molecule has 1 aromatic rings. The van der Waals surface area contributed by atoms with Gasteiger partial charge in [0.25, 0.3) is 0 Å². The Bertz CT molecular complexity index is 378. The molecule has 4 heteroatoms. The fourth-order valence-corrected chi connectivity index (χ4v) is 2.17. The van der Waals surface area contributed by atoms with Crippen molar-refractivity contribution in [3.63, 3.8) is 0 Å². The van der Waals surface area contributed by atoms with Crippen LogP contribution in [-0.2, 0) is 4.79 Å². The topological polar surface area (TPSA) is 49.3 Å². The maximum Gasteiger partial charge on any atom is 0.220 e. The SMILES string of the molecule is O=C1CCC(c2cc(I)ccc2O)N1. The molecule has 1 aromatic carbocycles. The largest absolute Gasteiger partial charge is 0.508 e. The van der Waals surface area contributed by atoms with E-state index in [9.17, 15) is 9.90 Å². The fourth-order valence-electron chi connectivity index (χ4n) is 1.65. The zero-order valence-electron chi connectivity index (χ0n) is 7.46. The molecule has 3 nitrogen and oxygen atoms in total. The van der Waals surface area contributed by atoms with Crippen LogP contribution in [0.15, 0.2) is 18.2 Å². The summed E-state index contributed by atoms with van der Waals surface area (Å²) >= 11 is 2.19. The van der Waals surface area contributed by atoms with E-state index in [1.165, 1.54) is 0 Å². The van der Waals surface area contributed by atoms with Gasteiger partial charge < -0.3 is 10.4 Å². The molecule has 1 amide bonds. The molecule has 1 aliphatic heterocycles. The first kappa shape index (κ1) is 9.76. The Kier molecular flexibility index (Phi) is 2.62. The molecule has 14 heavy (non-hydrogen) atoms. The van der Waals surface area contributed by atoms with Crippen LogP contribution >= 0.6 is 22.6 Å². The summed E-state index contributed by atoms with van der Waals surface area (Å²) in [5, 5.41) is 12.5. The van der Waals surface area contributed by atoms with Gasteiger partial charge >= 0.3 is 0 Å². The van der Waals surface area contributed by atoms with E-state index < -0.39 is 0 Å². The van der Waals surface area contributed by atoms with Crippen LogP contribution in [0, 0.1) is 3.57 Å². The van der Waals surface area contributed by atoms with E-state index in [0.29, 0.717) is 6.42 Å². The third kappa shape index (κ3) is 1.84. The van der Waals surface area contributed by atoms with E-state index >= 15 is 0 Å². The van der Waals surface area contributed by atoms with Gasteiger partial charge in [0, 0.05) is 15.6 Å². The van der Waals surface area contributed by atoms with Crippen molar-refractivity contribution in [3.8, 4) is 5.75 Å². The van der Waals surface area contributed by atoms with E-state index in [0.717, 1.165) is 15.6 Å². The average Bonchev–Trinajstić information content (AvgIpc) is 2.56. The second kappa shape index (κ2) is 3.76. The van der Waals surface area contributed by atoms with E-state index in [1.807, 2.05) is 12.1 Å². The van der Waals surface area contributed by atoms with Gasteiger partial charge in [0.05, 0.1) is 6.04 Å². The molecular formula is C10H10INO2. The number of rotatable bonds is 1. The summed E-state index contributed by atoms with van der Waals surface area (Å²) in [5.74, 6) is 0.325. The van der Waals surface area contributed by atoms with Crippen LogP contribution in [0.3, 0.4) is 0 Å². The number of hydrogen-bond donors (Lipinski definition) is 2. The van der Waals surface area contributed by atoms with Crippen LogP contribution in [0.4, 0.5) is 0 Å². The van der Waals surface area contributed by atoms with Gasteiger partial charge in [0.15, 0.2) is 0 Å². The minimum atomic E-state index is -0.0165. The first-order valence-electron chi connectivity index (χ1n) is 4.44. The number of halogens is 1. The third-order valence-corrected chi connectivity index (χ3v) is 3.03. The Hall–Kier alpha value is -0.780. The Balaban J connectivity index is 2.31. The van der Waals surface area contributed by atoms with E-state index in [2.05, 4.69) is 27.9 Å². The molecule has 1 atom stereocenters. The summed E-state index contributed by atoms with van der Waals surface area (Å²) in [6.07, 6.45) is 1.32. The number of benzene rings is 1. The molecule has 0 aromatic heterocycles. The predicted molar refractivity (Wildman–Crippen MR) is 60.9 cm³/mol.